The van der Waals surface area contributed by atoms with Gasteiger partial charge in [-0.15, -0.1) is 0 Å². The first-order chi connectivity index (χ1) is 12.9. The highest BCUT2D eigenvalue weighted by Gasteiger charge is 2.13. The van der Waals surface area contributed by atoms with Crippen LogP contribution in [0.3, 0.4) is 0 Å². The van der Waals surface area contributed by atoms with Crippen molar-refractivity contribution in [3.63, 3.8) is 0 Å². The fourth-order valence-corrected chi connectivity index (χ4v) is 2.25. The van der Waals surface area contributed by atoms with E-state index in [1.807, 2.05) is 0 Å². The average molecular weight is 389 g/mol. The lowest BCUT2D eigenvalue weighted by Gasteiger charge is -2.10. The maximum atomic E-state index is 12.2. The lowest BCUT2D eigenvalue weighted by Crippen LogP contribution is -2.15. The number of carbonyl (C=O) groups excluding carboxylic acids is 3. The van der Waals surface area contributed by atoms with E-state index in [2.05, 4.69) is 20.1 Å². The van der Waals surface area contributed by atoms with E-state index in [-0.39, 0.29) is 11.6 Å². The number of nitrogens with one attached hydrogen (secondary N) is 2. The second kappa shape index (κ2) is 9.40. The number of rotatable bonds is 6. The van der Waals surface area contributed by atoms with E-state index < -0.39 is 11.9 Å². The first-order valence-corrected chi connectivity index (χ1v) is 8.12. The van der Waals surface area contributed by atoms with E-state index in [1.165, 1.54) is 14.2 Å². The molecule has 140 valence electrons. The molecule has 2 aromatic rings. The number of methoxy groups -OCH3 is 2. The van der Waals surface area contributed by atoms with Crippen molar-refractivity contribution < 1.29 is 23.9 Å². The molecule has 2 N–H and O–H groups in total. The van der Waals surface area contributed by atoms with Crippen LogP contribution in [0, 0.1) is 0 Å². The molecule has 27 heavy (non-hydrogen) atoms. The van der Waals surface area contributed by atoms with Crippen LogP contribution in [0.1, 0.15) is 10.4 Å². The van der Waals surface area contributed by atoms with Crippen LogP contribution in [-0.4, -0.2) is 32.1 Å². The number of esters is 2. The van der Waals surface area contributed by atoms with Gasteiger partial charge in [0.25, 0.3) is 5.91 Å². The number of hydrogen-bond acceptors (Lipinski definition) is 6. The van der Waals surface area contributed by atoms with Crippen molar-refractivity contribution in [1.29, 1.82) is 0 Å². The third-order valence-electron chi connectivity index (χ3n) is 3.38. The van der Waals surface area contributed by atoms with E-state index in [1.54, 1.807) is 48.5 Å². The Morgan fingerprint density at radius 2 is 1.56 bits per heavy atom. The average Bonchev–Trinajstić information content (AvgIpc) is 2.68. The molecule has 0 radical (unpaired) electrons. The smallest absolute Gasteiger partial charge is 0.354 e. The molecule has 0 bridgehead atoms. The predicted molar refractivity (Wildman–Crippen MR) is 102 cm³/mol. The topological polar surface area (TPSA) is 93.7 Å². The van der Waals surface area contributed by atoms with Crippen molar-refractivity contribution in [2.24, 2.45) is 0 Å². The van der Waals surface area contributed by atoms with Gasteiger partial charge in [-0.3, -0.25) is 4.79 Å². The third-order valence-corrected chi connectivity index (χ3v) is 3.61. The maximum Gasteiger partial charge on any atom is 0.354 e. The summed E-state index contributed by atoms with van der Waals surface area (Å²) in [7, 11) is 2.40. The molecule has 0 saturated heterocycles. The van der Waals surface area contributed by atoms with E-state index in [9.17, 15) is 14.4 Å². The Kier molecular flexibility index (Phi) is 6.96. The summed E-state index contributed by atoms with van der Waals surface area (Å²) in [6.45, 7) is 0. The van der Waals surface area contributed by atoms with Crippen molar-refractivity contribution in [1.82, 2.24) is 0 Å². The van der Waals surface area contributed by atoms with Gasteiger partial charge >= 0.3 is 11.9 Å². The van der Waals surface area contributed by atoms with E-state index in [0.717, 1.165) is 6.08 Å². The van der Waals surface area contributed by atoms with Crippen molar-refractivity contribution in [2.45, 2.75) is 0 Å². The van der Waals surface area contributed by atoms with Crippen LogP contribution in [0.25, 0.3) is 0 Å². The fraction of sp³-hybridized carbons (Fsp3) is 0.105. The molecular formula is C19H17ClN2O5. The zero-order valence-corrected chi connectivity index (χ0v) is 15.4. The summed E-state index contributed by atoms with van der Waals surface area (Å²) in [6.07, 6.45) is 0.987. The van der Waals surface area contributed by atoms with Crippen molar-refractivity contribution in [3.05, 3.63) is 70.9 Å². The first-order valence-electron chi connectivity index (χ1n) is 7.75. The molecule has 8 heteroatoms. The minimum atomic E-state index is -0.723. The maximum absolute atomic E-state index is 12.2. The molecule has 0 spiro atoms. The van der Waals surface area contributed by atoms with Gasteiger partial charge in [-0.25, -0.2) is 9.59 Å². The van der Waals surface area contributed by atoms with Crippen molar-refractivity contribution >= 4 is 40.8 Å². The standard InChI is InChI=1S/C19H17ClN2O5/c1-26-17(23)11-16(19(25)27-2)21-14-6-8-15(9-7-14)22-18(24)12-4-3-5-13(20)10-12/h3-11,21H,1-2H3,(H,22,24)/b16-11+. The Morgan fingerprint density at radius 1 is 0.926 bits per heavy atom. The summed E-state index contributed by atoms with van der Waals surface area (Å²) >= 11 is 5.88. The molecule has 2 aromatic carbocycles. The Balaban J connectivity index is 2.09. The largest absolute Gasteiger partial charge is 0.466 e. The van der Waals surface area contributed by atoms with Crippen molar-refractivity contribution in [3.8, 4) is 0 Å². The molecule has 0 atom stereocenters. The zero-order chi connectivity index (χ0) is 19.8. The van der Waals surface area contributed by atoms with Gasteiger partial charge < -0.3 is 20.1 Å². The summed E-state index contributed by atoms with van der Waals surface area (Å²) in [6, 6.07) is 13.1. The van der Waals surface area contributed by atoms with Crippen LogP contribution in [0.4, 0.5) is 11.4 Å². The molecule has 0 saturated carbocycles. The van der Waals surface area contributed by atoms with E-state index in [0.29, 0.717) is 22.0 Å². The highest BCUT2D eigenvalue weighted by Crippen LogP contribution is 2.18. The van der Waals surface area contributed by atoms with Crippen molar-refractivity contribution in [2.75, 3.05) is 24.9 Å². The van der Waals surface area contributed by atoms with Gasteiger partial charge in [0.05, 0.1) is 20.3 Å². The summed E-state index contributed by atoms with van der Waals surface area (Å²) in [5.74, 6) is -1.73. The van der Waals surface area contributed by atoms with Gasteiger partial charge in [-0.2, -0.15) is 0 Å². The quantitative estimate of drug-likeness (QED) is 0.583. The number of halogens is 1. The summed E-state index contributed by atoms with van der Waals surface area (Å²) in [4.78, 5) is 35.3. The Morgan fingerprint density at radius 3 is 2.11 bits per heavy atom. The SMILES string of the molecule is COC(=O)/C=C(/Nc1ccc(NC(=O)c2cccc(Cl)c2)cc1)C(=O)OC. The number of benzene rings is 2. The second-order valence-corrected chi connectivity index (χ2v) is 5.68. The minimum absolute atomic E-state index is 0.0833. The first kappa shape index (κ1) is 20.0. The molecule has 2 rings (SSSR count). The highest BCUT2D eigenvalue weighted by molar-refractivity contribution is 6.31. The molecule has 7 nitrogen and oxygen atoms in total. The third kappa shape index (κ3) is 5.86. The molecule has 1 amide bonds. The van der Waals surface area contributed by atoms with Crippen LogP contribution in [-0.2, 0) is 19.1 Å². The monoisotopic (exact) mass is 388 g/mol. The molecule has 0 unspecified atom stereocenters. The lowest BCUT2D eigenvalue weighted by atomic mass is 10.2. The Labute approximate surface area is 160 Å². The van der Waals surface area contributed by atoms with Gasteiger partial charge in [-0.1, -0.05) is 17.7 Å². The van der Waals surface area contributed by atoms with E-state index in [4.69, 9.17) is 11.6 Å². The zero-order valence-electron chi connectivity index (χ0n) is 14.6. The second-order valence-electron chi connectivity index (χ2n) is 5.24. The van der Waals surface area contributed by atoms with Crippen LogP contribution in [0.5, 0.6) is 0 Å². The molecule has 0 fully saturated rings. The van der Waals surface area contributed by atoms with Gasteiger partial charge in [0.2, 0.25) is 0 Å². The molecule has 0 aliphatic heterocycles. The lowest BCUT2D eigenvalue weighted by molar-refractivity contribution is -0.138. The predicted octanol–water partition coefficient (Wildman–Crippen LogP) is 3.23. The Bertz CT molecular complexity index is 878. The van der Waals surface area contributed by atoms with Gasteiger partial charge in [0.1, 0.15) is 5.70 Å². The van der Waals surface area contributed by atoms with Crippen LogP contribution in [0.2, 0.25) is 5.02 Å². The Hall–Kier alpha value is -3.32. The molecule has 0 aliphatic carbocycles. The van der Waals surface area contributed by atoms with Gasteiger partial charge in [0, 0.05) is 22.0 Å². The number of ether oxygens (including phenoxy) is 2. The summed E-state index contributed by atoms with van der Waals surface area (Å²) in [5.41, 5.74) is 1.40. The number of amides is 1. The van der Waals surface area contributed by atoms with Gasteiger partial charge in [0.15, 0.2) is 0 Å². The summed E-state index contributed by atoms with van der Waals surface area (Å²) in [5, 5.41) is 5.97. The molecule has 0 heterocycles. The van der Waals surface area contributed by atoms with Crippen LogP contribution in [0.15, 0.2) is 60.3 Å². The van der Waals surface area contributed by atoms with E-state index >= 15 is 0 Å². The normalized spacial score (nSPS) is 10.7. The van der Waals surface area contributed by atoms with Crippen LogP contribution >= 0.6 is 11.6 Å². The summed E-state index contributed by atoms with van der Waals surface area (Å²) < 4.78 is 9.13. The van der Waals surface area contributed by atoms with Gasteiger partial charge in [-0.05, 0) is 42.5 Å². The minimum Gasteiger partial charge on any atom is -0.466 e. The number of carbonyl (C=O) groups is 3. The molecule has 0 aliphatic rings. The molecule has 0 aromatic heterocycles. The highest BCUT2D eigenvalue weighted by atomic mass is 35.5. The molecular weight excluding hydrogens is 372 g/mol. The number of hydrogen-bond donors (Lipinski definition) is 2. The fourth-order valence-electron chi connectivity index (χ4n) is 2.06. The number of anilines is 2. The van der Waals surface area contributed by atoms with Crippen LogP contribution < -0.4 is 10.6 Å².